The molecule has 5 heteroatoms. The molecule has 1 amide bonds. The van der Waals surface area contributed by atoms with Gasteiger partial charge in [-0.3, -0.25) is 9.69 Å². The molecule has 1 aliphatic rings. The van der Waals surface area contributed by atoms with Gasteiger partial charge in [0.2, 0.25) is 5.91 Å². The molecule has 0 radical (unpaired) electrons. The molecule has 0 aromatic heterocycles. The Labute approximate surface area is 161 Å². The molecular weight excluding hydrogens is 336 g/mol. The van der Waals surface area contributed by atoms with E-state index in [1.807, 2.05) is 36.2 Å². The number of anilines is 1. The number of para-hydroxylation sites is 1. The number of carbonyl (C=O) groups excluding carboxylic acids is 1. The molecule has 140 valence electrons. The Kier molecular flexibility index (Phi) is 6.45. The van der Waals surface area contributed by atoms with Gasteiger partial charge < -0.3 is 10.2 Å². The summed E-state index contributed by atoms with van der Waals surface area (Å²) in [5.74, 6) is 0.541. The maximum absolute atomic E-state index is 12.3. The van der Waals surface area contributed by atoms with E-state index in [4.69, 9.17) is 5.26 Å². The highest BCUT2D eigenvalue weighted by atomic mass is 16.2. The SMILES string of the molecule is CN(CC(=O)NCC1CCN(c2ccccc2)C1)Cc1cccc(C#N)c1. The predicted octanol–water partition coefficient (Wildman–Crippen LogP) is 2.63. The molecule has 1 saturated heterocycles. The fourth-order valence-electron chi connectivity index (χ4n) is 3.54. The van der Waals surface area contributed by atoms with Crippen molar-refractivity contribution in [3.63, 3.8) is 0 Å². The van der Waals surface area contributed by atoms with Gasteiger partial charge in [-0.15, -0.1) is 0 Å². The third-order valence-electron chi connectivity index (χ3n) is 4.92. The second-order valence-corrected chi connectivity index (χ2v) is 7.22. The van der Waals surface area contributed by atoms with Crippen LogP contribution >= 0.6 is 0 Å². The van der Waals surface area contributed by atoms with Gasteiger partial charge in [-0.05, 0) is 49.2 Å². The Morgan fingerprint density at radius 2 is 2.07 bits per heavy atom. The van der Waals surface area contributed by atoms with Crippen molar-refractivity contribution in [1.82, 2.24) is 10.2 Å². The van der Waals surface area contributed by atoms with Gasteiger partial charge in [0, 0.05) is 31.9 Å². The quantitative estimate of drug-likeness (QED) is 0.823. The van der Waals surface area contributed by atoms with Crippen molar-refractivity contribution in [3.05, 3.63) is 65.7 Å². The van der Waals surface area contributed by atoms with Crippen molar-refractivity contribution in [2.75, 3.05) is 38.1 Å². The van der Waals surface area contributed by atoms with Crippen molar-refractivity contribution in [2.45, 2.75) is 13.0 Å². The lowest BCUT2D eigenvalue weighted by Gasteiger charge is -2.19. The molecule has 0 bridgehead atoms. The molecule has 5 nitrogen and oxygen atoms in total. The summed E-state index contributed by atoms with van der Waals surface area (Å²) >= 11 is 0. The molecule has 2 aromatic rings. The first kappa shape index (κ1) is 18.9. The van der Waals surface area contributed by atoms with Crippen LogP contribution in [0.3, 0.4) is 0 Å². The number of likely N-dealkylation sites (N-methyl/N-ethyl adjacent to an activating group) is 1. The average Bonchev–Trinajstić information content (AvgIpc) is 3.16. The van der Waals surface area contributed by atoms with Crippen LogP contribution in [0.15, 0.2) is 54.6 Å². The van der Waals surface area contributed by atoms with Gasteiger partial charge in [0.1, 0.15) is 0 Å². The van der Waals surface area contributed by atoms with E-state index in [-0.39, 0.29) is 5.91 Å². The Balaban J connectivity index is 1.40. The lowest BCUT2D eigenvalue weighted by molar-refractivity contribution is -0.122. The standard InChI is InChI=1S/C22H26N4O/c1-25(15-19-7-5-6-18(12-19)13-23)17-22(27)24-14-20-10-11-26(16-20)21-8-3-2-4-9-21/h2-9,12,20H,10-11,14-17H2,1H3,(H,24,27). The van der Waals surface area contributed by atoms with Crippen LogP contribution in [-0.2, 0) is 11.3 Å². The number of nitrogens with one attached hydrogen (secondary N) is 1. The van der Waals surface area contributed by atoms with Gasteiger partial charge in [0.25, 0.3) is 0 Å². The molecule has 0 spiro atoms. The topological polar surface area (TPSA) is 59.4 Å². The average molecular weight is 362 g/mol. The van der Waals surface area contributed by atoms with E-state index >= 15 is 0 Å². The number of rotatable bonds is 7. The molecule has 0 aliphatic carbocycles. The predicted molar refractivity (Wildman–Crippen MR) is 107 cm³/mol. The van der Waals surface area contributed by atoms with E-state index in [1.54, 1.807) is 6.07 Å². The normalized spacial score (nSPS) is 16.3. The Morgan fingerprint density at radius 3 is 2.85 bits per heavy atom. The van der Waals surface area contributed by atoms with E-state index in [2.05, 4.69) is 40.6 Å². The van der Waals surface area contributed by atoms with Gasteiger partial charge in [-0.25, -0.2) is 0 Å². The van der Waals surface area contributed by atoms with Crippen LogP contribution in [0, 0.1) is 17.2 Å². The largest absolute Gasteiger partial charge is 0.371 e. The number of nitrogens with zero attached hydrogens (tertiary/aromatic N) is 3. The van der Waals surface area contributed by atoms with E-state index in [0.29, 0.717) is 24.6 Å². The first-order chi connectivity index (χ1) is 13.1. The molecule has 1 N–H and O–H groups in total. The van der Waals surface area contributed by atoms with Crippen LogP contribution in [0.1, 0.15) is 17.5 Å². The maximum Gasteiger partial charge on any atom is 0.234 e. The minimum Gasteiger partial charge on any atom is -0.371 e. The number of nitriles is 1. The summed E-state index contributed by atoms with van der Waals surface area (Å²) in [5, 5.41) is 12.1. The highest BCUT2D eigenvalue weighted by molar-refractivity contribution is 5.78. The molecule has 2 aromatic carbocycles. The molecule has 1 aliphatic heterocycles. The lowest BCUT2D eigenvalue weighted by Crippen LogP contribution is -2.37. The zero-order valence-electron chi connectivity index (χ0n) is 15.8. The molecule has 1 atom stereocenters. The molecule has 27 heavy (non-hydrogen) atoms. The van der Waals surface area contributed by atoms with Crippen molar-refractivity contribution >= 4 is 11.6 Å². The van der Waals surface area contributed by atoms with Crippen LogP contribution in [0.4, 0.5) is 5.69 Å². The Bertz CT molecular complexity index is 799. The zero-order chi connectivity index (χ0) is 19.1. The number of hydrogen-bond acceptors (Lipinski definition) is 4. The van der Waals surface area contributed by atoms with Crippen molar-refractivity contribution < 1.29 is 4.79 Å². The van der Waals surface area contributed by atoms with Gasteiger partial charge in [0.05, 0.1) is 18.2 Å². The summed E-state index contributed by atoms with van der Waals surface area (Å²) < 4.78 is 0. The number of amides is 1. The summed E-state index contributed by atoms with van der Waals surface area (Å²) in [7, 11) is 1.92. The third-order valence-corrected chi connectivity index (χ3v) is 4.92. The first-order valence-corrected chi connectivity index (χ1v) is 9.38. The third kappa shape index (κ3) is 5.57. The van der Waals surface area contributed by atoms with E-state index in [9.17, 15) is 4.79 Å². The highest BCUT2D eigenvalue weighted by Gasteiger charge is 2.23. The van der Waals surface area contributed by atoms with Crippen LogP contribution in [0.5, 0.6) is 0 Å². The highest BCUT2D eigenvalue weighted by Crippen LogP contribution is 2.22. The fourth-order valence-corrected chi connectivity index (χ4v) is 3.54. The summed E-state index contributed by atoms with van der Waals surface area (Å²) in [6.45, 7) is 3.75. The summed E-state index contributed by atoms with van der Waals surface area (Å²) in [6.07, 6.45) is 1.10. The second-order valence-electron chi connectivity index (χ2n) is 7.22. The summed E-state index contributed by atoms with van der Waals surface area (Å²) in [6, 6.07) is 20.1. The maximum atomic E-state index is 12.3. The minimum atomic E-state index is 0.0482. The second kappa shape index (κ2) is 9.20. The van der Waals surface area contributed by atoms with Crippen molar-refractivity contribution in [1.29, 1.82) is 5.26 Å². The van der Waals surface area contributed by atoms with E-state index in [0.717, 1.165) is 31.6 Å². The first-order valence-electron chi connectivity index (χ1n) is 9.38. The monoisotopic (exact) mass is 362 g/mol. The number of benzene rings is 2. The summed E-state index contributed by atoms with van der Waals surface area (Å²) in [4.78, 5) is 16.6. The summed E-state index contributed by atoms with van der Waals surface area (Å²) in [5.41, 5.74) is 2.94. The van der Waals surface area contributed by atoms with E-state index < -0.39 is 0 Å². The molecule has 1 heterocycles. The van der Waals surface area contributed by atoms with Crippen LogP contribution in [0.25, 0.3) is 0 Å². The van der Waals surface area contributed by atoms with Gasteiger partial charge in [-0.1, -0.05) is 30.3 Å². The number of carbonyl (C=O) groups is 1. The van der Waals surface area contributed by atoms with Gasteiger partial charge >= 0.3 is 0 Å². The molecular formula is C22H26N4O. The minimum absolute atomic E-state index is 0.0482. The molecule has 0 saturated carbocycles. The van der Waals surface area contributed by atoms with Gasteiger partial charge in [0.15, 0.2) is 0 Å². The van der Waals surface area contributed by atoms with Crippen LogP contribution < -0.4 is 10.2 Å². The molecule has 1 fully saturated rings. The molecule has 3 rings (SSSR count). The van der Waals surface area contributed by atoms with E-state index in [1.165, 1.54) is 5.69 Å². The molecule has 1 unspecified atom stereocenters. The Hall–Kier alpha value is -2.84. The van der Waals surface area contributed by atoms with Crippen LogP contribution in [0.2, 0.25) is 0 Å². The zero-order valence-corrected chi connectivity index (χ0v) is 15.8. The smallest absolute Gasteiger partial charge is 0.234 e. The van der Waals surface area contributed by atoms with Gasteiger partial charge in [-0.2, -0.15) is 5.26 Å². The van der Waals surface area contributed by atoms with Crippen molar-refractivity contribution in [3.8, 4) is 6.07 Å². The fraction of sp³-hybridized carbons (Fsp3) is 0.364. The number of hydrogen-bond donors (Lipinski definition) is 1. The van der Waals surface area contributed by atoms with Crippen LogP contribution in [-0.4, -0.2) is 44.0 Å². The Morgan fingerprint density at radius 1 is 1.26 bits per heavy atom. The lowest BCUT2D eigenvalue weighted by atomic mass is 10.1. The van der Waals surface area contributed by atoms with Crippen molar-refractivity contribution in [2.24, 2.45) is 5.92 Å².